The summed E-state index contributed by atoms with van der Waals surface area (Å²) < 4.78 is 0. The lowest BCUT2D eigenvalue weighted by atomic mass is 9.78. The number of rotatable bonds is 2. The average molecular weight is 324 g/mol. The molecule has 2 aromatic rings. The Bertz CT molecular complexity index is 754. The Morgan fingerprint density at radius 1 is 0.875 bits per heavy atom. The van der Waals surface area contributed by atoms with Crippen molar-refractivity contribution in [1.29, 1.82) is 0 Å². The van der Waals surface area contributed by atoms with E-state index in [1.807, 2.05) is 43.3 Å². The molecule has 0 bridgehead atoms. The first kappa shape index (κ1) is 18.3. The van der Waals surface area contributed by atoms with Crippen LogP contribution in [0, 0.1) is 6.92 Å². The zero-order chi connectivity index (χ0) is 18.3. The number of aryl methyl sites for hydroxylation is 1. The Labute approximate surface area is 145 Å². The van der Waals surface area contributed by atoms with Crippen LogP contribution in [0.25, 0.3) is 0 Å². The lowest BCUT2D eigenvalue weighted by molar-refractivity contribution is 0.103. The summed E-state index contributed by atoms with van der Waals surface area (Å²) in [4.78, 5) is 13.0. The standard InChI is InChI=1S/C22H28O2/c1-14-8-10-15(11-9-14)19(23)17-12-16(21(2,3)4)13-18(20(17)24)22(5,6)7/h8-13,24H,1-7H3. The quantitative estimate of drug-likeness (QED) is 0.738. The van der Waals surface area contributed by atoms with Gasteiger partial charge in [0.05, 0.1) is 5.56 Å². The van der Waals surface area contributed by atoms with Crippen LogP contribution in [0.2, 0.25) is 0 Å². The lowest BCUT2D eigenvalue weighted by Gasteiger charge is -2.27. The van der Waals surface area contributed by atoms with Crippen molar-refractivity contribution in [3.8, 4) is 5.75 Å². The molecule has 0 saturated carbocycles. The van der Waals surface area contributed by atoms with E-state index in [0.717, 1.165) is 16.7 Å². The van der Waals surface area contributed by atoms with E-state index in [-0.39, 0.29) is 22.4 Å². The number of phenols is 1. The smallest absolute Gasteiger partial charge is 0.196 e. The summed E-state index contributed by atoms with van der Waals surface area (Å²) >= 11 is 0. The number of aromatic hydroxyl groups is 1. The summed E-state index contributed by atoms with van der Waals surface area (Å²) in [5.41, 5.74) is 3.61. The molecule has 0 aliphatic heterocycles. The third kappa shape index (κ3) is 3.69. The molecule has 0 spiro atoms. The van der Waals surface area contributed by atoms with Gasteiger partial charge in [-0.05, 0) is 29.4 Å². The topological polar surface area (TPSA) is 37.3 Å². The zero-order valence-corrected chi connectivity index (χ0v) is 15.8. The van der Waals surface area contributed by atoms with Crippen LogP contribution in [0.5, 0.6) is 5.75 Å². The number of carbonyl (C=O) groups excluding carboxylic acids is 1. The van der Waals surface area contributed by atoms with Gasteiger partial charge in [-0.25, -0.2) is 0 Å². The van der Waals surface area contributed by atoms with Crippen LogP contribution in [0.3, 0.4) is 0 Å². The van der Waals surface area contributed by atoms with Crippen LogP contribution in [-0.2, 0) is 10.8 Å². The molecule has 0 amide bonds. The molecule has 2 aromatic carbocycles. The van der Waals surface area contributed by atoms with Crippen molar-refractivity contribution in [3.63, 3.8) is 0 Å². The Morgan fingerprint density at radius 3 is 1.88 bits per heavy atom. The Balaban J connectivity index is 2.68. The van der Waals surface area contributed by atoms with Gasteiger partial charge in [0.2, 0.25) is 0 Å². The maximum atomic E-state index is 13.0. The average Bonchev–Trinajstić information content (AvgIpc) is 2.45. The molecular weight excluding hydrogens is 296 g/mol. The first-order valence-corrected chi connectivity index (χ1v) is 8.40. The van der Waals surface area contributed by atoms with Crippen LogP contribution in [-0.4, -0.2) is 10.9 Å². The van der Waals surface area contributed by atoms with E-state index in [0.29, 0.717) is 11.1 Å². The van der Waals surface area contributed by atoms with E-state index >= 15 is 0 Å². The van der Waals surface area contributed by atoms with Gasteiger partial charge in [0.25, 0.3) is 0 Å². The molecule has 2 heteroatoms. The molecule has 0 aliphatic carbocycles. The van der Waals surface area contributed by atoms with Crippen molar-refractivity contribution in [1.82, 2.24) is 0 Å². The highest BCUT2D eigenvalue weighted by Gasteiger charge is 2.27. The number of ketones is 1. The van der Waals surface area contributed by atoms with Gasteiger partial charge in [0.1, 0.15) is 5.75 Å². The molecule has 24 heavy (non-hydrogen) atoms. The predicted octanol–water partition coefficient (Wildman–Crippen LogP) is 5.53. The third-order valence-electron chi connectivity index (χ3n) is 4.34. The predicted molar refractivity (Wildman–Crippen MR) is 100 cm³/mol. The van der Waals surface area contributed by atoms with Crippen molar-refractivity contribution in [2.45, 2.75) is 59.3 Å². The lowest BCUT2D eigenvalue weighted by Crippen LogP contribution is -2.18. The van der Waals surface area contributed by atoms with Gasteiger partial charge in [-0.15, -0.1) is 0 Å². The van der Waals surface area contributed by atoms with Crippen LogP contribution in [0.1, 0.15) is 74.2 Å². The van der Waals surface area contributed by atoms with Gasteiger partial charge < -0.3 is 5.11 Å². The van der Waals surface area contributed by atoms with E-state index in [4.69, 9.17) is 0 Å². The first-order valence-electron chi connectivity index (χ1n) is 8.40. The number of phenolic OH excluding ortho intramolecular Hbond substituents is 1. The second-order valence-corrected chi connectivity index (χ2v) is 8.62. The highest BCUT2D eigenvalue weighted by atomic mass is 16.3. The Kier molecular flexibility index (Phi) is 4.63. The summed E-state index contributed by atoms with van der Waals surface area (Å²) in [5.74, 6) is -0.0369. The summed E-state index contributed by atoms with van der Waals surface area (Å²) in [6.45, 7) is 14.5. The third-order valence-corrected chi connectivity index (χ3v) is 4.34. The normalized spacial score (nSPS) is 12.3. The van der Waals surface area contributed by atoms with Crippen molar-refractivity contribution in [3.05, 3.63) is 64.2 Å². The molecule has 0 aromatic heterocycles. The number of carbonyl (C=O) groups is 1. The maximum Gasteiger partial charge on any atom is 0.196 e. The monoisotopic (exact) mass is 324 g/mol. The van der Waals surface area contributed by atoms with Crippen molar-refractivity contribution in [2.75, 3.05) is 0 Å². The molecule has 0 fully saturated rings. The minimum absolute atomic E-state index is 0.0982. The van der Waals surface area contributed by atoms with Gasteiger partial charge >= 0.3 is 0 Å². The molecule has 0 unspecified atom stereocenters. The largest absolute Gasteiger partial charge is 0.507 e. The Hall–Kier alpha value is -2.09. The molecular formula is C22H28O2. The molecule has 0 saturated heterocycles. The summed E-state index contributed by atoms with van der Waals surface area (Å²) in [7, 11) is 0. The van der Waals surface area contributed by atoms with Crippen molar-refractivity contribution < 1.29 is 9.90 Å². The summed E-state index contributed by atoms with van der Waals surface area (Å²) in [6, 6.07) is 11.3. The van der Waals surface area contributed by atoms with Crippen LogP contribution in [0.4, 0.5) is 0 Å². The summed E-state index contributed by atoms with van der Waals surface area (Å²) in [5, 5.41) is 10.8. The van der Waals surface area contributed by atoms with E-state index in [1.54, 1.807) is 0 Å². The first-order chi connectivity index (χ1) is 10.9. The fraction of sp³-hybridized carbons (Fsp3) is 0.409. The number of benzene rings is 2. The minimum Gasteiger partial charge on any atom is -0.507 e. The highest BCUT2D eigenvalue weighted by molar-refractivity contribution is 6.11. The molecule has 0 atom stereocenters. The van der Waals surface area contributed by atoms with Gasteiger partial charge in [-0.3, -0.25) is 4.79 Å². The van der Waals surface area contributed by atoms with Crippen molar-refractivity contribution in [2.24, 2.45) is 0 Å². The Morgan fingerprint density at radius 2 is 1.42 bits per heavy atom. The van der Waals surface area contributed by atoms with Crippen LogP contribution >= 0.6 is 0 Å². The number of hydrogen-bond donors (Lipinski definition) is 1. The van der Waals surface area contributed by atoms with Crippen LogP contribution < -0.4 is 0 Å². The van der Waals surface area contributed by atoms with Gasteiger partial charge in [0.15, 0.2) is 5.78 Å². The molecule has 0 aliphatic rings. The SMILES string of the molecule is Cc1ccc(C(=O)c2cc(C(C)(C)C)cc(C(C)(C)C)c2O)cc1. The molecule has 128 valence electrons. The van der Waals surface area contributed by atoms with E-state index in [1.165, 1.54) is 0 Å². The second-order valence-electron chi connectivity index (χ2n) is 8.62. The van der Waals surface area contributed by atoms with E-state index < -0.39 is 0 Å². The van der Waals surface area contributed by atoms with Gasteiger partial charge in [0, 0.05) is 11.1 Å². The molecule has 2 rings (SSSR count). The highest BCUT2D eigenvalue weighted by Crippen LogP contribution is 2.38. The van der Waals surface area contributed by atoms with Gasteiger partial charge in [-0.1, -0.05) is 77.4 Å². The zero-order valence-electron chi connectivity index (χ0n) is 15.8. The fourth-order valence-electron chi connectivity index (χ4n) is 2.67. The molecule has 2 nitrogen and oxygen atoms in total. The molecule has 1 N–H and O–H groups in total. The fourth-order valence-corrected chi connectivity index (χ4v) is 2.67. The number of hydrogen-bond acceptors (Lipinski definition) is 2. The minimum atomic E-state index is -0.242. The van der Waals surface area contributed by atoms with E-state index in [9.17, 15) is 9.90 Å². The van der Waals surface area contributed by atoms with Crippen molar-refractivity contribution >= 4 is 5.78 Å². The van der Waals surface area contributed by atoms with Gasteiger partial charge in [-0.2, -0.15) is 0 Å². The molecule has 0 radical (unpaired) electrons. The maximum absolute atomic E-state index is 13.0. The van der Waals surface area contributed by atoms with Crippen LogP contribution in [0.15, 0.2) is 36.4 Å². The molecule has 0 heterocycles. The van der Waals surface area contributed by atoms with E-state index in [2.05, 4.69) is 41.5 Å². The summed E-state index contributed by atoms with van der Waals surface area (Å²) in [6.07, 6.45) is 0. The second kappa shape index (κ2) is 6.08.